The van der Waals surface area contributed by atoms with Gasteiger partial charge in [0.25, 0.3) is 0 Å². The molecule has 0 spiro atoms. The van der Waals surface area contributed by atoms with Crippen LogP contribution < -0.4 is 10.6 Å². The molecular formula is C15H24N2. The highest BCUT2D eigenvalue weighted by atomic mass is 15.1. The molecule has 2 rings (SSSR count). The van der Waals surface area contributed by atoms with Crippen LogP contribution in [0.3, 0.4) is 0 Å². The lowest BCUT2D eigenvalue weighted by molar-refractivity contribution is 0.506. The van der Waals surface area contributed by atoms with Crippen LogP contribution in [-0.4, -0.2) is 19.1 Å². The van der Waals surface area contributed by atoms with E-state index in [1.54, 1.807) is 0 Å². The second kappa shape index (κ2) is 5.54. The minimum atomic E-state index is 0.345. The SMILES string of the molecule is CC(C)Cc1cccc(N2CCCC(N)C2)c1. The Hall–Kier alpha value is -1.02. The van der Waals surface area contributed by atoms with Gasteiger partial charge in [-0.1, -0.05) is 26.0 Å². The molecule has 0 aromatic heterocycles. The molecule has 2 nitrogen and oxygen atoms in total. The molecule has 0 amide bonds. The van der Waals surface area contributed by atoms with E-state index >= 15 is 0 Å². The lowest BCUT2D eigenvalue weighted by Crippen LogP contribution is -2.42. The summed E-state index contributed by atoms with van der Waals surface area (Å²) in [6.07, 6.45) is 3.55. The normalized spacial score (nSPS) is 20.9. The Morgan fingerprint density at radius 1 is 1.41 bits per heavy atom. The van der Waals surface area contributed by atoms with Crippen LogP contribution in [0.2, 0.25) is 0 Å². The molecule has 1 saturated heterocycles. The van der Waals surface area contributed by atoms with Crippen LogP contribution in [0.1, 0.15) is 32.3 Å². The number of nitrogens with two attached hydrogens (primary N) is 1. The third-order valence-corrected chi connectivity index (χ3v) is 3.38. The summed E-state index contributed by atoms with van der Waals surface area (Å²) in [6.45, 7) is 6.69. The van der Waals surface area contributed by atoms with Crippen molar-refractivity contribution in [3.63, 3.8) is 0 Å². The average molecular weight is 232 g/mol. The standard InChI is InChI=1S/C15H24N2/c1-12(2)9-13-5-3-7-15(10-13)17-8-4-6-14(16)11-17/h3,5,7,10,12,14H,4,6,8-9,11,16H2,1-2H3. The summed E-state index contributed by atoms with van der Waals surface area (Å²) in [5, 5.41) is 0. The lowest BCUT2D eigenvalue weighted by Gasteiger charge is -2.33. The zero-order valence-electron chi connectivity index (χ0n) is 11.0. The first-order chi connectivity index (χ1) is 8.15. The Bertz CT molecular complexity index is 360. The number of nitrogens with zero attached hydrogens (tertiary/aromatic N) is 1. The minimum absolute atomic E-state index is 0.345. The van der Waals surface area contributed by atoms with Gasteiger partial charge in [0.2, 0.25) is 0 Å². The third kappa shape index (κ3) is 3.47. The van der Waals surface area contributed by atoms with Crippen molar-refractivity contribution in [2.75, 3.05) is 18.0 Å². The van der Waals surface area contributed by atoms with Gasteiger partial charge in [0.05, 0.1) is 0 Å². The summed E-state index contributed by atoms with van der Waals surface area (Å²) in [5.74, 6) is 0.717. The van der Waals surface area contributed by atoms with Gasteiger partial charge in [-0.3, -0.25) is 0 Å². The molecule has 0 saturated carbocycles. The van der Waals surface area contributed by atoms with Crippen LogP contribution in [0.15, 0.2) is 24.3 Å². The molecule has 1 aliphatic heterocycles. The number of hydrogen-bond donors (Lipinski definition) is 1. The molecule has 1 atom stereocenters. The van der Waals surface area contributed by atoms with E-state index in [1.165, 1.54) is 24.1 Å². The zero-order valence-corrected chi connectivity index (χ0v) is 11.0. The highest BCUT2D eigenvalue weighted by Gasteiger charge is 2.16. The maximum absolute atomic E-state index is 6.04. The quantitative estimate of drug-likeness (QED) is 0.868. The van der Waals surface area contributed by atoms with Gasteiger partial charge in [-0.05, 0) is 42.9 Å². The Labute approximate surface area is 105 Å². The van der Waals surface area contributed by atoms with Crippen molar-refractivity contribution < 1.29 is 0 Å². The molecule has 0 radical (unpaired) electrons. The second-order valence-electron chi connectivity index (χ2n) is 5.62. The molecule has 1 aromatic rings. The summed E-state index contributed by atoms with van der Waals surface area (Å²) in [7, 11) is 0. The molecular weight excluding hydrogens is 208 g/mol. The summed E-state index contributed by atoms with van der Waals surface area (Å²) < 4.78 is 0. The number of hydrogen-bond acceptors (Lipinski definition) is 2. The molecule has 1 heterocycles. The Balaban J connectivity index is 2.09. The van der Waals surface area contributed by atoms with Crippen LogP contribution in [0.5, 0.6) is 0 Å². The first kappa shape index (κ1) is 12.4. The van der Waals surface area contributed by atoms with Crippen molar-refractivity contribution in [3.05, 3.63) is 29.8 Å². The topological polar surface area (TPSA) is 29.3 Å². The second-order valence-corrected chi connectivity index (χ2v) is 5.62. The minimum Gasteiger partial charge on any atom is -0.370 e. The molecule has 0 aliphatic carbocycles. The summed E-state index contributed by atoms with van der Waals surface area (Å²) >= 11 is 0. The maximum atomic E-state index is 6.04. The van der Waals surface area contributed by atoms with E-state index in [-0.39, 0.29) is 0 Å². The predicted octanol–water partition coefficient (Wildman–Crippen LogP) is 2.81. The molecule has 2 N–H and O–H groups in total. The number of piperidine rings is 1. The Morgan fingerprint density at radius 2 is 2.24 bits per heavy atom. The molecule has 1 aromatic carbocycles. The average Bonchev–Trinajstić information content (AvgIpc) is 2.28. The van der Waals surface area contributed by atoms with Gasteiger partial charge >= 0.3 is 0 Å². The van der Waals surface area contributed by atoms with Crippen LogP contribution in [-0.2, 0) is 6.42 Å². The first-order valence-electron chi connectivity index (χ1n) is 6.74. The third-order valence-electron chi connectivity index (χ3n) is 3.38. The van der Waals surface area contributed by atoms with Crippen molar-refractivity contribution in [2.24, 2.45) is 11.7 Å². The largest absolute Gasteiger partial charge is 0.370 e. The smallest absolute Gasteiger partial charge is 0.0369 e. The summed E-state index contributed by atoms with van der Waals surface area (Å²) in [5.41, 5.74) is 8.83. The number of anilines is 1. The van der Waals surface area contributed by atoms with Gasteiger partial charge < -0.3 is 10.6 Å². The van der Waals surface area contributed by atoms with Crippen LogP contribution >= 0.6 is 0 Å². The fourth-order valence-corrected chi connectivity index (χ4v) is 2.60. The Morgan fingerprint density at radius 3 is 2.94 bits per heavy atom. The van der Waals surface area contributed by atoms with E-state index in [9.17, 15) is 0 Å². The van der Waals surface area contributed by atoms with E-state index in [1.807, 2.05) is 0 Å². The van der Waals surface area contributed by atoms with Gasteiger partial charge in [0, 0.05) is 24.8 Å². The molecule has 1 unspecified atom stereocenters. The van der Waals surface area contributed by atoms with E-state index < -0.39 is 0 Å². The highest BCUT2D eigenvalue weighted by molar-refractivity contribution is 5.49. The molecule has 94 valence electrons. The van der Waals surface area contributed by atoms with Gasteiger partial charge in [0.1, 0.15) is 0 Å². The van der Waals surface area contributed by atoms with E-state index in [0.717, 1.165) is 19.5 Å². The van der Waals surface area contributed by atoms with Crippen molar-refractivity contribution in [1.29, 1.82) is 0 Å². The van der Waals surface area contributed by atoms with Crippen LogP contribution in [0.25, 0.3) is 0 Å². The fourth-order valence-electron chi connectivity index (χ4n) is 2.60. The van der Waals surface area contributed by atoms with Gasteiger partial charge in [-0.25, -0.2) is 0 Å². The van der Waals surface area contributed by atoms with Crippen LogP contribution in [0.4, 0.5) is 5.69 Å². The molecule has 1 aliphatic rings. The maximum Gasteiger partial charge on any atom is 0.0369 e. The molecule has 0 bridgehead atoms. The number of rotatable bonds is 3. The van der Waals surface area contributed by atoms with E-state index in [4.69, 9.17) is 5.73 Å². The van der Waals surface area contributed by atoms with E-state index in [2.05, 4.69) is 43.0 Å². The molecule has 2 heteroatoms. The lowest BCUT2D eigenvalue weighted by atomic mass is 10.0. The van der Waals surface area contributed by atoms with Crippen molar-refractivity contribution in [3.8, 4) is 0 Å². The highest BCUT2D eigenvalue weighted by Crippen LogP contribution is 2.21. The van der Waals surface area contributed by atoms with Crippen molar-refractivity contribution in [2.45, 2.75) is 39.2 Å². The molecule has 1 fully saturated rings. The molecule has 17 heavy (non-hydrogen) atoms. The summed E-state index contributed by atoms with van der Waals surface area (Å²) in [6, 6.07) is 9.29. The van der Waals surface area contributed by atoms with E-state index in [0.29, 0.717) is 12.0 Å². The van der Waals surface area contributed by atoms with Gasteiger partial charge in [0.15, 0.2) is 0 Å². The zero-order chi connectivity index (χ0) is 12.3. The Kier molecular flexibility index (Phi) is 4.06. The number of benzene rings is 1. The van der Waals surface area contributed by atoms with Gasteiger partial charge in [-0.2, -0.15) is 0 Å². The summed E-state index contributed by atoms with van der Waals surface area (Å²) in [4.78, 5) is 2.43. The monoisotopic (exact) mass is 232 g/mol. The van der Waals surface area contributed by atoms with Gasteiger partial charge in [-0.15, -0.1) is 0 Å². The van der Waals surface area contributed by atoms with Crippen LogP contribution in [0, 0.1) is 5.92 Å². The van der Waals surface area contributed by atoms with Crippen molar-refractivity contribution in [1.82, 2.24) is 0 Å². The van der Waals surface area contributed by atoms with Crippen molar-refractivity contribution >= 4 is 5.69 Å². The first-order valence-corrected chi connectivity index (χ1v) is 6.74. The predicted molar refractivity (Wildman–Crippen MR) is 74.4 cm³/mol. The fraction of sp³-hybridized carbons (Fsp3) is 0.600.